The van der Waals surface area contributed by atoms with Crippen molar-refractivity contribution < 1.29 is 14.3 Å². The Balaban J connectivity index is 1.46. The molecular weight excluding hydrogens is 400 g/mol. The summed E-state index contributed by atoms with van der Waals surface area (Å²) >= 11 is 6.54. The third-order valence-electron chi connectivity index (χ3n) is 6.19. The molecule has 2 aliphatic rings. The Morgan fingerprint density at radius 3 is 2.53 bits per heavy atom. The third kappa shape index (κ3) is 4.64. The van der Waals surface area contributed by atoms with Gasteiger partial charge in [-0.1, -0.05) is 60.1 Å². The SMILES string of the molecule is C[C@H]1CN(C(=O)NCC2(c3ccccc3Cl)CCOCC2)C[C@H](c2ccccc2)O1. The number of hydrogen-bond donors (Lipinski definition) is 1. The van der Waals surface area contributed by atoms with Gasteiger partial charge in [0, 0.05) is 36.7 Å². The summed E-state index contributed by atoms with van der Waals surface area (Å²) in [5, 5.41) is 3.95. The molecule has 2 amide bonds. The van der Waals surface area contributed by atoms with E-state index in [1.165, 1.54) is 0 Å². The van der Waals surface area contributed by atoms with Gasteiger partial charge in [0.15, 0.2) is 0 Å². The van der Waals surface area contributed by atoms with Gasteiger partial charge < -0.3 is 19.7 Å². The minimum Gasteiger partial charge on any atom is -0.381 e. The molecule has 0 radical (unpaired) electrons. The Hall–Kier alpha value is -2.08. The first-order valence-corrected chi connectivity index (χ1v) is 11.0. The minimum atomic E-state index is -0.205. The monoisotopic (exact) mass is 428 g/mol. The Morgan fingerprint density at radius 1 is 1.10 bits per heavy atom. The number of benzene rings is 2. The largest absolute Gasteiger partial charge is 0.381 e. The quantitative estimate of drug-likeness (QED) is 0.776. The maximum Gasteiger partial charge on any atom is 0.317 e. The molecule has 2 saturated heterocycles. The summed E-state index contributed by atoms with van der Waals surface area (Å²) in [5.74, 6) is 0. The van der Waals surface area contributed by atoms with Gasteiger partial charge in [-0.2, -0.15) is 0 Å². The number of morpholine rings is 1. The Bertz CT molecular complexity index is 855. The van der Waals surface area contributed by atoms with Crippen LogP contribution in [0.1, 0.15) is 37.0 Å². The fourth-order valence-corrected chi connectivity index (χ4v) is 4.86. The third-order valence-corrected chi connectivity index (χ3v) is 6.52. The molecule has 0 bridgehead atoms. The number of urea groups is 1. The Labute approximate surface area is 183 Å². The molecule has 2 aromatic carbocycles. The van der Waals surface area contributed by atoms with Crippen molar-refractivity contribution in [2.75, 3.05) is 32.8 Å². The van der Waals surface area contributed by atoms with Crippen molar-refractivity contribution in [3.8, 4) is 0 Å². The molecule has 4 rings (SSSR count). The van der Waals surface area contributed by atoms with Gasteiger partial charge in [-0.3, -0.25) is 0 Å². The molecule has 160 valence electrons. The number of hydrogen-bond acceptors (Lipinski definition) is 3. The highest BCUT2D eigenvalue weighted by Crippen LogP contribution is 2.38. The van der Waals surface area contributed by atoms with Crippen molar-refractivity contribution in [2.45, 2.75) is 37.4 Å². The van der Waals surface area contributed by atoms with Gasteiger partial charge in [0.2, 0.25) is 0 Å². The van der Waals surface area contributed by atoms with Crippen LogP contribution in [0.3, 0.4) is 0 Å². The molecule has 6 heteroatoms. The van der Waals surface area contributed by atoms with Crippen molar-refractivity contribution in [3.63, 3.8) is 0 Å². The summed E-state index contributed by atoms with van der Waals surface area (Å²) in [6, 6.07) is 18.0. The maximum absolute atomic E-state index is 13.1. The Kier molecular flexibility index (Phi) is 6.61. The lowest BCUT2D eigenvalue weighted by Gasteiger charge is -2.40. The fraction of sp³-hybridized carbons (Fsp3) is 0.458. The molecule has 30 heavy (non-hydrogen) atoms. The number of nitrogens with zero attached hydrogens (tertiary/aromatic N) is 1. The normalized spacial score (nSPS) is 23.7. The van der Waals surface area contributed by atoms with Crippen LogP contribution in [0.2, 0.25) is 5.02 Å². The predicted molar refractivity (Wildman–Crippen MR) is 118 cm³/mol. The van der Waals surface area contributed by atoms with Crippen LogP contribution in [0.15, 0.2) is 54.6 Å². The van der Waals surface area contributed by atoms with Crippen LogP contribution >= 0.6 is 11.6 Å². The van der Waals surface area contributed by atoms with E-state index in [-0.39, 0.29) is 23.7 Å². The van der Waals surface area contributed by atoms with Crippen LogP contribution in [0, 0.1) is 0 Å². The maximum atomic E-state index is 13.1. The number of nitrogens with one attached hydrogen (secondary N) is 1. The van der Waals surface area contributed by atoms with Crippen LogP contribution in [-0.4, -0.2) is 49.9 Å². The lowest BCUT2D eigenvalue weighted by Crippen LogP contribution is -2.53. The van der Waals surface area contributed by atoms with Crippen LogP contribution in [-0.2, 0) is 14.9 Å². The summed E-state index contributed by atoms with van der Waals surface area (Å²) in [6.07, 6.45) is 1.54. The van der Waals surface area contributed by atoms with Gasteiger partial charge in [-0.05, 0) is 37.0 Å². The number of carbonyl (C=O) groups excluding carboxylic acids is 1. The standard InChI is InChI=1S/C24H29ClN2O3/c1-18-15-27(16-22(30-18)19-7-3-2-4-8-19)23(28)26-17-24(11-13-29-14-12-24)20-9-5-6-10-21(20)25/h2-10,18,22H,11-17H2,1H3,(H,26,28)/t18-,22+/m0/s1. The summed E-state index contributed by atoms with van der Waals surface area (Å²) in [4.78, 5) is 15.0. The van der Waals surface area contributed by atoms with E-state index < -0.39 is 0 Å². The number of amides is 2. The average Bonchev–Trinajstić information content (AvgIpc) is 2.78. The Morgan fingerprint density at radius 2 is 1.80 bits per heavy atom. The summed E-state index contributed by atoms with van der Waals surface area (Å²) in [7, 11) is 0. The lowest BCUT2D eigenvalue weighted by atomic mass is 9.74. The highest BCUT2D eigenvalue weighted by atomic mass is 35.5. The molecule has 0 aromatic heterocycles. The van der Waals surface area contributed by atoms with E-state index in [4.69, 9.17) is 21.1 Å². The van der Waals surface area contributed by atoms with Crippen molar-refractivity contribution in [2.24, 2.45) is 0 Å². The smallest absolute Gasteiger partial charge is 0.317 e. The zero-order valence-electron chi connectivity index (χ0n) is 17.4. The number of ether oxygens (including phenoxy) is 2. The molecule has 1 N–H and O–H groups in total. The second kappa shape index (κ2) is 9.38. The number of halogens is 1. The lowest BCUT2D eigenvalue weighted by molar-refractivity contribution is -0.0658. The zero-order chi connectivity index (χ0) is 21.0. The van der Waals surface area contributed by atoms with Gasteiger partial charge in [0.25, 0.3) is 0 Å². The van der Waals surface area contributed by atoms with Crippen molar-refractivity contribution in [1.82, 2.24) is 10.2 Å². The first kappa shape index (κ1) is 21.2. The van der Waals surface area contributed by atoms with Crippen LogP contribution in [0.5, 0.6) is 0 Å². The van der Waals surface area contributed by atoms with E-state index in [2.05, 4.69) is 11.4 Å². The molecule has 0 aliphatic carbocycles. The van der Waals surface area contributed by atoms with Gasteiger partial charge in [0.1, 0.15) is 6.10 Å². The van der Waals surface area contributed by atoms with E-state index in [0.717, 1.165) is 29.0 Å². The molecule has 5 nitrogen and oxygen atoms in total. The molecule has 2 aliphatic heterocycles. The molecule has 2 atom stereocenters. The van der Waals surface area contributed by atoms with E-state index in [1.807, 2.05) is 60.4 Å². The van der Waals surface area contributed by atoms with Gasteiger partial charge in [-0.15, -0.1) is 0 Å². The van der Waals surface area contributed by atoms with Gasteiger partial charge >= 0.3 is 6.03 Å². The second-order valence-corrected chi connectivity index (χ2v) is 8.69. The first-order valence-electron chi connectivity index (χ1n) is 10.6. The first-order chi connectivity index (χ1) is 14.6. The van der Waals surface area contributed by atoms with E-state index in [0.29, 0.717) is 32.8 Å². The molecule has 0 spiro atoms. The highest BCUT2D eigenvalue weighted by Gasteiger charge is 2.37. The summed E-state index contributed by atoms with van der Waals surface area (Å²) in [5.41, 5.74) is 1.98. The fourth-order valence-electron chi connectivity index (χ4n) is 4.52. The summed E-state index contributed by atoms with van der Waals surface area (Å²) < 4.78 is 11.7. The van der Waals surface area contributed by atoms with E-state index in [1.54, 1.807) is 0 Å². The number of rotatable bonds is 4. The number of carbonyl (C=O) groups is 1. The van der Waals surface area contributed by atoms with Crippen LogP contribution < -0.4 is 5.32 Å². The van der Waals surface area contributed by atoms with Crippen LogP contribution in [0.4, 0.5) is 4.79 Å². The molecule has 0 unspecified atom stereocenters. The topological polar surface area (TPSA) is 50.8 Å². The second-order valence-electron chi connectivity index (χ2n) is 8.28. The molecule has 2 heterocycles. The van der Waals surface area contributed by atoms with Gasteiger partial charge in [-0.25, -0.2) is 4.79 Å². The minimum absolute atomic E-state index is 0.0182. The van der Waals surface area contributed by atoms with E-state index >= 15 is 0 Å². The molecular formula is C24H29ClN2O3. The highest BCUT2D eigenvalue weighted by molar-refractivity contribution is 6.31. The zero-order valence-corrected chi connectivity index (χ0v) is 18.1. The van der Waals surface area contributed by atoms with Crippen molar-refractivity contribution >= 4 is 17.6 Å². The average molecular weight is 429 g/mol. The molecule has 2 fully saturated rings. The predicted octanol–water partition coefficient (Wildman–Crippen LogP) is 4.56. The van der Waals surface area contributed by atoms with Crippen LogP contribution in [0.25, 0.3) is 0 Å². The molecule has 2 aromatic rings. The van der Waals surface area contributed by atoms with Crippen molar-refractivity contribution in [1.29, 1.82) is 0 Å². The van der Waals surface area contributed by atoms with E-state index in [9.17, 15) is 4.79 Å². The summed E-state index contributed by atoms with van der Waals surface area (Å²) in [6.45, 7) is 5.02. The van der Waals surface area contributed by atoms with Gasteiger partial charge in [0.05, 0.1) is 12.6 Å². The molecule has 0 saturated carbocycles. The van der Waals surface area contributed by atoms with Crippen molar-refractivity contribution in [3.05, 3.63) is 70.7 Å².